The van der Waals surface area contributed by atoms with E-state index in [1.165, 1.54) is 25.7 Å². The maximum atomic E-state index is 6.00. The van der Waals surface area contributed by atoms with Crippen molar-refractivity contribution in [1.82, 2.24) is 15.2 Å². The summed E-state index contributed by atoms with van der Waals surface area (Å²) in [4.78, 5) is 4.52. The molecule has 1 aliphatic carbocycles. The Balaban J connectivity index is 2.09. The molecule has 4 nitrogen and oxygen atoms in total. The Labute approximate surface area is 90.7 Å². The molecule has 4 heteroatoms. The van der Waals surface area contributed by atoms with E-state index in [1.807, 2.05) is 0 Å². The minimum Gasteiger partial charge on any atom is -0.321 e. The van der Waals surface area contributed by atoms with Crippen molar-refractivity contribution < 1.29 is 0 Å². The minimum absolute atomic E-state index is 0.0450. The SMILES string of the molecule is CC(C)[C@H](N)c1n[nH]c(C2CCCC2)n1. The predicted molar refractivity (Wildman–Crippen MR) is 59.4 cm³/mol. The van der Waals surface area contributed by atoms with E-state index in [9.17, 15) is 0 Å². The van der Waals surface area contributed by atoms with E-state index in [0.29, 0.717) is 11.8 Å². The van der Waals surface area contributed by atoms with Gasteiger partial charge in [0.2, 0.25) is 0 Å². The molecule has 0 radical (unpaired) electrons. The monoisotopic (exact) mass is 208 g/mol. The second kappa shape index (κ2) is 4.31. The van der Waals surface area contributed by atoms with Crippen LogP contribution in [-0.4, -0.2) is 15.2 Å². The molecule has 1 atom stereocenters. The van der Waals surface area contributed by atoms with Crippen LogP contribution < -0.4 is 5.73 Å². The van der Waals surface area contributed by atoms with Crippen LogP contribution in [-0.2, 0) is 0 Å². The van der Waals surface area contributed by atoms with Gasteiger partial charge in [0.25, 0.3) is 0 Å². The van der Waals surface area contributed by atoms with Gasteiger partial charge in [0.15, 0.2) is 5.82 Å². The fourth-order valence-corrected chi connectivity index (χ4v) is 2.12. The average molecular weight is 208 g/mol. The standard InChI is InChI=1S/C11H20N4/c1-7(2)9(12)11-13-10(14-15-11)8-5-3-4-6-8/h7-9H,3-6,12H2,1-2H3,(H,13,14,15)/t9-/m0/s1. The van der Waals surface area contributed by atoms with Gasteiger partial charge in [-0.1, -0.05) is 26.7 Å². The molecule has 3 N–H and O–H groups in total. The van der Waals surface area contributed by atoms with Crippen molar-refractivity contribution in [3.63, 3.8) is 0 Å². The molecule has 1 heterocycles. The van der Waals surface area contributed by atoms with Gasteiger partial charge in [0, 0.05) is 5.92 Å². The zero-order valence-electron chi connectivity index (χ0n) is 9.53. The number of nitrogens with two attached hydrogens (primary N) is 1. The smallest absolute Gasteiger partial charge is 0.167 e. The van der Waals surface area contributed by atoms with Crippen molar-refractivity contribution >= 4 is 0 Å². The fourth-order valence-electron chi connectivity index (χ4n) is 2.12. The lowest BCUT2D eigenvalue weighted by atomic mass is 10.1. The summed E-state index contributed by atoms with van der Waals surface area (Å²) in [6.07, 6.45) is 5.12. The molecule has 1 aromatic rings. The molecule has 0 aliphatic heterocycles. The van der Waals surface area contributed by atoms with E-state index in [4.69, 9.17) is 5.73 Å². The van der Waals surface area contributed by atoms with E-state index >= 15 is 0 Å². The third-order valence-electron chi connectivity index (χ3n) is 3.28. The lowest BCUT2D eigenvalue weighted by molar-refractivity contribution is 0.491. The Kier molecular flexibility index (Phi) is 3.05. The molecule has 0 amide bonds. The van der Waals surface area contributed by atoms with Gasteiger partial charge in [-0.05, 0) is 18.8 Å². The highest BCUT2D eigenvalue weighted by molar-refractivity contribution is 5.03. The number of aromatic nitrogens is 3. The first-order valence-corrected chi connectivity index (χ1v) is 5.86. The first-order chi connectivity index (χ1) is 7.18. The van der Waals surface area contributed by atoms with Crippen molar-refractivity contribution in [2.45, 2.75) is 51.5 Å². The van der Waals surface area contributed by atoms with Crippen LogP contribution in [0.4, 0.5) is 0 Å². The summed E-state index contributed by atoms with van der Waals surface area (Å²) in [5, 5.41) is 7.26. The molecule has 84 valence electrons. The van der Waals surface area contributed by atoms with Crippen LogP contribution in [0, 0.1) is 5.92 Å². The Bertz CT molecular complexity index is 296. The normalized spacial score (nSPS) is 20.0. The quantitative estimate of drug-likeness (QED) is 0.799. The average Bonchev–Trinajstić information content (AvgIpc) is 2.86. The van der Waals surface area contributed by atoms with Crippen molar-refractivity contribution in [2.24, 2.45) is 11.7 Å². The van der Waals surface area contributed by atoms with Crippen LogP contribution in [0.3, 0.4) is 0 Å². The third kappa shape index (κ3) is 2.20. The lowest BCUT2D eigenvalue weighted by Crippen LogP contribution is -2.18. The maximum absolute atomic E-state index is 6.00. The van der Waals surface area contributed by atoms with Gasteiger partial charge in [-0.25, -0.2) is 4.98 Å². The van der Waals surface area contributed by atoms with Gasteiger partial charge in [0.1, 0.15) is 5.82 Å². The van der Waals surface area contributed by atoms with Crippen LogP contribution in [0.25, 0.3) is 0 Å². The summed E-state index contributed by atoms with van der Waals surface area (Å²) >= 11 is 0. The van der Waals surface area contributed by atoms with Crippen molar-refractivity contribution in [2.75, 3.05) is 0 Å². The second-order valence-corrected chi connectivity index (χ2v) is 4.83. The highest BCUT2D eigenvalue weighted by Gasteiger charge is 2.22. The largest absolute Gasteiger partial charge is 0.321 e. The molecule has 1 aliphatic rings. The molecule has 1 saturated carbocycles. The Morgan fingerprint density at radius 1 is 1.33 bits per heavy atom. The second-order valence-electron chi connectivity index (χ2n) is 4.83. The number of aromatic amines is 1. The molecule has 2 rings (SSSR count). The van der Waals surface area contributed by atoms with Gasteiger partial charge >= 0.3 is 0 Å². The third-order valence-corrected chi connectivity index (χ3v) is 3.28. The predicted octanol–water partition coefficient (Wildman–Crippen LogP) is 2.12. The lowest BCUT2D eigenvalue weighted by Gasteiger charge is -2.10. The zero-order chi connectivity index (χ0) is 10.8. The van der Waals surface area contributed by atoms with Gasteiger partial charge in [-0.2, -0.15) is 5.10 Å². The number of nitrogens with zero attached hydrogens (tertiary/aromatic N) is 2. The van der Waals surface area contributed by atoms with Crippen LogP contribution in [0.1, 0.15) is 63.1 Å². The molecular formula is C11H20N4. The van der Waals surface area contributed by atoms with E-state index < -0.39 is 0 Å². The number of rotatable bonds is 3. The van der Waals surface area contributed by atoms with Crippen LogP contribution in [0.15, 0.2) is 0 Å². The van der Waals surface area contributed by atoms with E-state index in [1.54, 1.807) is 0 Å². The van der Waals surface area contributed by atoms with Crippen molar-refractivity contribution in [1.29, 1.82) is 0 Å². The Hall–Kier alpha value is -0.900. The number of hydrogen-bond acceptors (Lipinski definition) is 3. The maximum Gasteiger partial charge on any atom is 0.167 e. The van der Waals surface area contributed by atoms with Crippen molar-refractivity contribution in [3.05, 3.63) is 11.6 Å². The Morgan fingerprint density at radius 2 is 2.00 bits per heavy atom. The summed E-state index contributed by atoms with van der Waals surface area (Å²) in [7, 11) is 0. The molecule has 1 fully saturated rings. The number of H-pyrrole nitrogens is 1. The van der Waals surface area contributed by atoms with E-state index in [0.717, 1.165) is 11.6 Å². The first-order valence-electron chi connectivity index (χ1n) is 5.86. The summed E-state index contributed by atoms with van der Waals surface area (Å²) < 4.78 is 0. The van der Waals surface area contributed by atoms with Crippen LogP contribution in [0.5, 0.6) is 0 Å². The van der Waals surface area contributed by atoms with Crippen molar-refractivity contribution in [3.8, 4) is 0 Å². The molecule has 0 aromatic carbocycles. The highest BCUT2D eigenvalue weighted by Crippen LogP contribution is 2.32. The van der Waals surface area contributed by atoms with Crippen LogP contribution >= 0.6 is 0 Å². The molecule has 0 unspecified atom stereocenters. The van der Waals surface area contributed by atoms with Gasteiger partial charge in [0.05, 0.1) is 6.04 Å². The molecule has 0 saturated heterocycles. The highest BCUT2D eigenvalue weighted by atomic mass is 15.2. The van der Waals surface area contributed by atoms with E-state index in [-0.39, 0.29) is 6.04 Å². The molecular weight excluding hydrogens is 188 g/mol. The molecule has 15 heavy (non-hydrogen) atoms. The molecule has 0 bridgehead atoms. The minimum atomic E-state index is -0.0450. The Morgan fingerprint density at radius 3 is 2.60 bits per heavy atom. The van der Waals surface area contributed by atoms with Gasteiger partial charge in [-0.3, -0.25) is 5.10 Å². The van der Waals surface area contributed by atoms with Gasteiger partial charge in [-0.15, -0.1) is 0 Å². The summed E-state index contributed by atoms with van der Waals surface area (Å²) in [6.45, 7) is 4.19. The van der Waals surface area contributed by atoms with Crippen LogP contribution in [0.2, 0.25) is 0 Å². The van der Waals surface area contributed by atoms with E-state index in [2.05, 4.69) is 29.0 Å². The van der Waals surface area contributed by atoms with Gasteiger partial charge < -0.3 is 5.73 Å². The fraction of sp³-hybridized carbons (Fsp3) is 0.818. The molecule has 0 spiro atoms. The number of hydrogen-bond donors (Lipinski definition) is 2. The number of nitrogens with one attached hydrogen (secondary N) is 1. The zero-order valence-corrected chi connectivity index (χ0v) is 9.53. The molecule has 1 aromatic heterocycles. The first kappa shape index (κ1) is 10.6. The topological polar surface area (TPSA) is 67.6 Å². The summed E-state index contributed by atoms with van der Waals surface area (Å²) in [5.74, 6) is 2.79. The summed E-state index contributed by atoms with van der Waals surface area (Å²) in [6, 6.07) is -0.0450. The summed E-state index contributed by atoms with van der Waals surface area (Å²) in [5.41, 5.74) is 6.00.